The molecule has 3 nitrogen and oxygen atoms in total. The summed E-state index contributed by atoms with van der Waals surface area (Å²) in [5.41, 5.74) is 6.70. The Balaban J connectivity index is 2.67. The fraction of sp³-hybridized carbons (Fsp3) is 0.250. The van der Waals surface area contributed by atoms with Crippen LogP contribution in [0.3, 0.4) is 0 Å². The van der Waals surface area contributed by atoms with E-state index in [2.05, 4.69) is 31.9 Å². The molecule has 0 bridgehead atoms. The van der Waals surface area contributed by atoms with Crippen LogP contribution in [0.1, 0.15) is 11.6 Å². The molecule has 1 aromatic carbocycles. The van der Waals surface area contributed by atoms with Crippen molar-refractivity contribution in [1.29, 1.82) is 0 Å². The van der Waals surface area contributed by atoms with Crippen molar-refractivity contribution in [2.45, 2.75) is 6.04 Å². The number of phenolic OH excluding ortho intramolecular Hbond substituents is 1. The van der Waals surface area contributed by atoms with Gasteiger partial charge in [-0.05, 0) is 37.9 Å². The molecule has 5 heteroatoms. The van der Waals surface area contributed by atoms with Gasteiger partial charge in [0.25, 0.3) is 0 Å². The predicted molar refractivity (Wildman–Crippen MR) is 55.9 cm³/mol. The van der Waals surface area contributed by atoms with Crippen LogP contribution in [0.5, 0.6) is 11.5 Å². The summed E-state index contributed by atoms with van der Waals surface area (Å²) in [6.45, 7) is 0.462. The molecule has 1 unspecified atom stereocenters. The van der Waals surface area contributed by atoms with Crippen LogP contribution >= 0.6 is 31.9 Å². The molecule has 1 aliphatic rings. The molecule has 0 radical (unpaired) electrons. The van der Waals surface area contributed by atoms with Crippen molar-refractivity contribution in [3.63, 3.8) is 0 Å². The molecule has 1 aromatic rings. The second-order valence-corrected chi connectivity index (χ2v) is 4.50. The Bertz CT molecular complexity index is 368. The van der Waals surface area contributed by atoms with Gasteiger partial charge < -0.3 is 15.6 Å². The summed E-state index contributed by atoms with van der Waals surface area (Å²) in [4.78, 5) is 0. The highest BCUT2D eigenvalue weighted by Crippen LogP contribution is 2.46. The third-order valence-corrected chi connectivity index (χ3v) is 3.32. The van der Waals surface area contributed by atoms with Crippen LogP contribution in [0.15, 0.2) is 15.0 Å². The van der Waals surface area contributed by atoms with Crippen LogP contribution in [0.2, 0.25) is 0 Å². The van der Waals surface area contributed by atoms with Gasteiger partial charge in [-0.1, -0.05) is 0 Å². The summed E-state index contributed by atoms with van der Waals surface area (Å²) in [7, 11) is 0. The maximum absolute atomic E-state index is 9.54. The van der Waals surface area contributed by atoms with E-state index >= 15 is 0 Å². The first-order chi connectivity index (χ1) is 6.11. The molecule has 3 N–H and O–H groups in total. The van der Waals surface area contributed by atoms with Gasteiger partial charge in [0.05, 0.1) is 10.5 Å². The standard InChI is InChI=1S/C8H7Br2NO2/c9-4-1-3-5(11)2-13-8(3)6(10)7(4)12/h1,5,12H,2,11H2. The summed E-state index contributed by atoms with van der Waals surface area (Å²) in [5.74, 6) is 0.793. The average molecular weight is 309 g/mol. The van der Waals surface area contributed by atoms with Gasteiger partial charge in [0.15, 0.2) is 0 Å². The van der Waals surface area contributed by atoms with Crippen LogP contribution in [0, 0.1) is 0 Å². The van der Waals surface area contributed by atoms with Gasteiger partial charge in [0.1, 0.15) is 22.6 Å². The quantitative estimate of drug-likeness (QED) is 0.773. The van der Waals surface area contributed by atoms with E-state index in [1.165, 1.54) is 0 Å². The third kappa shape index (κ3) is 1.35. The van der Waals surface area contributed by atoms with Crippen LogP contribution in [0.4, 0.5) is 0 Å². The second kappa shape index (κ2) is 3.15. The lowest BCUT2D eigenvalue weighted by molar-refractivity contribution is 0.330. The van der Waals surface area contributed by atoms with Gasteiger partial charge >= 0.3 is 0 Å². The summed E-state index contributed by atoms with van der Waals surface area (Å²) in [6, 6.07) is 1.68. The van der Waals surface area contributed by atoms with Crippen LogP contribution in [0.25, 0.3) is 0 Å². The molecule has 0 aromatic heterocycles. The fourth-order valence-corrected chi connectivity index (χ4v) is 2.56. The number of hydrogen-bond donors (Lipinski definition) is 2. The van der Waals surface area contributed by atoms with E-state index < -0.39 is 0 Å². The Labute approximate surface area is 92.1 Å². The van der Waals surface area contributed by atoms with Crippen molar-refractivity contribution in [3.8, 4) is 11.5 Å². The van der Waals surface area contributed by atoms with Crippen molar-refractivity contribution in [1.82, 2.24) is 0 Å². The molecule has 0 spiro atoms. The Morgan fingerprint density at radius 3 is 2.92 bits per heavy atom. The lowest BCUT2D eigenvalue weighted by Gasteiger charge is -2.06. The number of nitrogens with two attached hydrogens (primary N) is 1. The number of halogens is 2. The lowest BCUT2D eigenvalue weighted by Crippen LogP contribution is -2.10. The lowest BCUT2D eigenvalue weighted by atomic mass is 10.1. The van der Waals surface area contributed by atoms with E-state index in [1.807, 2.05) is 0 Å². The maximum Gasteiger partial charge on any atom is 0.147 e. The highest BCUT2D eigenvalue weighted by Gasteiger charge is 2.26. The molecule has 2 rings (SSSR count). The Morgan fingerprint density at radius 1 is 1.54 bits per heavy atom. The zero-order chi connectivity index (χ0) is 9.59. The fourth-order valence-electron chi connectivity index (χ4n) is 1.29. The topological polar surface area (TPSA) is 55.5 Å². The molecule has 1 heterocycles. The summed E-state index contributed by atoms with van der Waals surface area (Å²) < 4.78 is 6.51. The van der Waals surface area contributed by atoms with E-state index in [9.17, 15) is 5.11 Å². The summed E-state index contributed by atoms with van der Waals surface area (Å²) in [5, 5.41) is 9.54. The number of ether oxygens (including phenoxy) is 1. The number of fused-ring (bicyclic) bond motifs is 1. The molecule has 1 atom stereocenters. The zero-order valence-corrected chi connectivity index (χ0v) is 9.72. The minimum atomic E-state index is -0.108. The van der Waals surface area contributed by atoms with Crippen LogP contribution in [-0.2, 0) is 0 Å². The average Bonchev–Trinajstić information content (AvgIpc) is 2.45. The number of phenols is 1. The predicted octanol–water partition coefficient (Wildman–Crippen LogP) is 2.31. The van der Waals surface area contributed by atoms with E-state index in [1.54, 1.807) is 6.07 Å². The number of benzene rings is 1. The van der Waals surface area contributed by atoms with Crippen molar-refractivity contribution < 1.29 is 9.84 Å². The molecular weight excluding hydrogens is 302 g/mol. The van der Waals surface area contributed by atoms with Crippen LogP contribution in [-0.4, -0.2) is 11.7 Å². The van der Waals surface area contributed by atoms with Crippen molar-refractivity contribution in [3.05, 3.63) is 20.6 Å². The molecule has 13 heavy (non-hydrogen) atoms. The molecular formula is C8H7Br2NO2. The Kier molecular flexibility index (Phi) is 2.25. The monoisotopic (exact) mass is 307 g/mol. The summed E-state index contributed by atoms with van der Waals surface area (Å²) in [6.07, 6.45) is 0. The highest BCUT2D eigenvalue weighted by atomic mass is 79.9. The van der Waals surface area contributed by atoms with Crippen LogP contribution < -0.4 is 10.5 Å². The van der Waals surface area contributed by atoms with E-state index in [4.69, 9.17) is 10.5 Å². The van der Waals surface area contributed by atoms with E-state index in [0.717, 1.165) is 5.56 Å². The Morgan fingerprint density at radius 2 is 2.23 bits per heavy atom. The van der Waals surface area contributed by atoms with Gasteiger partial charge in [-0.15, -0.1) is 0 Å². The van der Waals surface area contributed by atoms with Crippen molar-refractivity contribution in [2.24, 2.45) is 5.73 Å². The molecule has 0 fully saturated rings. The van der Waals surface area contributed by atoms with Crippen molar-refractivity contribution >= 4 is 31.9 Å². The van der Waals surface area contributed by atoms with Crippen molar-refractivity contribution in [2.75, 3.05) is 6.61 Å². The SMILES string of the molecule is NC1COc2c1cc(Br)c(O)c2Br. The minimum absolute atomic E-state index is 0.108. The summed E-state index contributed by atoms with van der Waals surface area (Å²) >= 11 is 6.48. The minimum Gasteiger partial charge on any atom is -0.505 e. The number of aromatic hydroxyl groups is 1. The smallest absolute Gasteiger partial charge is 0.147 e. The highest BCUT2D eigenvalue weighted by molar-refractivity contribution is 9.11. The largest absolute Gasteiger partial charge is 0.505 e. The molecule has 70 valence electrons. The van der Waals surface area contributed by atoms with Gasteiger partial charge in [-0.3, -0.25) is 0 Å². The Hall–Kier alpha value is -0.260. The zero-order valence-electron chi connectivity index (χ0n) is 6.55. The van der Waals surface area contributed by atoms with E-state index in [-0.39, 0.29) is 11.8 Å². The first-order valence-electron chi connectivity index (χ1n) is 3.70. The first-order valence-corrected chi connectivity index (χ1v) is 5.29. The normalized spacial score (nSPS) is 19.8. The number of hydrogen-bond acceptors (Lipinski definition) is 3. The molecule has 1 aliphatic heterocycles. The van der Waals surface area contributed by atoms with Gasteiger partial charge in [-0.25, -0.2) is 0 Å². The molecule has 0 saturated carbocycles. The van der Waals surface area contributed by atoms with Gasteiger partial charge in [0, 0.05) is 5.56 Å². The van der Waals surface area contributed by atoms with Gasteiger partial charge in [-0.2, -0.15) is 0 Å². The second-order valence-electron chi connectivity index (χ2n) is 2.86. The number of rotatable bonds is 0. The maximum atomic E-state index is 9.54. The molecule has 0 amide bonds. The van der Waals surface area contributed by atoms with Gasteiger partial charge in [0.2, 0.25) is 0 Å². The first kappa shape index (κ1) is 9.30. The third-order valence-electron chi connectivity index (χ3n) is 1.98. The molecule has 0 aliphatic carbocycles. The molecule has 0 saturated heterocycles. The van der Waals surface area contributed by atoms with E-state index in [0.29, 0.717) is 21.3 Å².